The molecule has 7 nitrogen and oxygen atoms in total. The van der Waals surface area contributed by atoms with Gasteiger partial charge in [-0.3, -0.25) is 4.79 Å². The molecule has 0 bridgehead atoms. The lowest BCUT2D eigenvalue weighted by molar-refractivity contribution is -0.138. The average molecular weight is 383 g/mol. The zero-order valence-corrected chi connectivity index (χ0v) is 16.0. The molecule has 1 aliphatic heterocycles. The zero-order valence-electron chi connectivity index (χ0n) is 16.0. The van der Waals surface area contributed by atoms with Crippen LogP contribution in [0.3, 0.4) is 0 Å². The van der Waals surface area contributed by atoms with Crippen molar-refractivity contribution in [2.75, 3.05) is 12.8 Å². The number of nitrogen functional groups attached to an aromatic ring is 1. The van der Waals surface area contributed by atoms with Crippen LogP contribution in [0.5, 0.6) is 0 Å². The van der Waals surface area contributed by atoms with Gasteiger partial charge in [-0.1, -0.05) is 24.0 Å². The minimum Gasteiger partial charge on any atom is -0.382 e. The molecular formula is C21H18BN5O2. The summed E-state index contributed by atoms with van der Waals surface area (Å²) in [7, 11) is 7.29. The Kier molecular flexibility index (Phi) is 4.48. The summed E-state index contributed by atoms with van der Waals surface area (Å²) in [5.74, 6) is 5.51. The van der Waals surface area contributed by atoms with Crippen molar-refractivity contribution in [3.05, 3.63) is 42.0 Å². The number of hydrogen-bond donors (Lipinski definition) is 2. The second-order valence-electron chi connectivity index (χ2n) is 7.19. The van der Waals surface area contributed by atoms with E-state index in [1.165, 1.54) is 4.90 Å². The molecule has 1 amide bonds. The number of rotatable bonds is 1. The lowest BCUT2D eigenvalue weighted by Gasteiger charge is -2.14. The van der Waals surface area contributed by atoms with Crippen LogP contribution in [0.15, 0.2) is 36.4 Å². The molecule has 4 rings (SSSR count). The van der Waals surface area contributed by atoms with Crippen LogP contribution in [0.2, 0.25) is 0 Å². The van der Waals surface area contributed by atoms with Crippen LogP contribution in [0.25, 0.3) is 22.3 Å². The summed E-state index contributed by atoms with van der Waals surface area (Å²) in [4.78, 5) is 26.4. The first kappa shape index (κ1) is 18.9. The van der Waals surface area contributed by atoms with Crippen molar-refractivity contribution in [1.29, 1.82) is 0 Å². The van der Waals surface area contributed by atoms with Crippen molar-refractivity contribution in [2.24, 2.45) is 0 Å². The fourth-order valence-electron chi connectivity index (χ4n) is 3.40. The van der Waals surface area contributed by atoms with Crippen LogP contribution in [-0.2, 0) is 4.79 Å². The number of fused-ring (bicyclic) bond motifs is 1. The number of aliphatic hydroxyl groups is 1. The van der Waals surface area contributed by atoms with Crippen molar-refractivity contribution >= 4 is 36.3 Å². The van der Waals surface area contributed by atoms with Crippen LogP contribution < -0.4 is 11.5 Å². The van der Waals surface area contributed by atoms with E-state index in [1.54, 1.807) is 13.1 Å². The van der Waals surface area contributed by atoms with Crippen molar-refractivity contribution in [3.8, 4) is 23.1 Å². The predicted molar refractivity (Wildman–Crippen MR) is 111 cm³/mol. The van der Waals surface area contributed by atoms with Gasteiger partial charge in [0, 0.05) is 30.6 Å². The Morgan fingerprint density at radius 3 is 2.79 bits per heavy atom. The van der Waals surface area contributed by atoms with E-state index < -0.39 is 5.60 Å². The molecule has 0 unspecified atom stereocenters. The molecule has 8 heteroatoms. The number of amides is 1. The number of benzene rings is 1. The molecule has 1 aliphatic rings. The number of anilines is 1. The first-order valence-electron chi connectivity index (χ1n) is 9.10. The largest absolute Gasteiger partial charge is 0.382 e. The summed E-state index contributed by atoms with van der Waals surface area (Å²) < 4.78 is 0. The lowest BCUT2D eigenvalue weighted by atomic mass is 10.00. The molecule has 0 saturated carbocycles. The number of nitrogens with two attached hydrogens (primary N) is 1. The smallest absolute Gasteiger partial charge is 0.267 e. The summed E-state index contributed by atoms with van der Waals surface area (Å²) in [6.07, 6.45) is 0.281. The standard InChI is InChI=1S/C21H18BN5O2/c1-12-11-21(29,19(28)27(12)2)9-8-13-4-3-5-14(10-13)15-6-7-16-17(24-15)18(23)26-20(22)25-16/h3-7,10,12,29H,11H2,1-2H3,(H2,23,25,26)/t12-,21-/m0/s1. The minimum atomic E-state index is -1.66. The highest BCUT2D eigenvalue weighted by Crippen LogP contribution is 2.27. The summed E-state index contributed by atoms with van der Waals surface area (Å²) in [6.45, 7) is 1.88. The molecule has 1 saturated heterocycles. The number of aromatic nitrogens is 3. The minimum absolute atomic E-state index is 0.0587. The maximum Gasteiger partial charge on any atom is 0.267 e. The molecule has 3 heterocycles. The first-order valence-corrected chi connectivity index (χ1v) is 9.10. The van der Waals surface area contributed by atoms with Gasteiger partial charge in [0.1, 0.15) is 5.52 Å². The van der Waals surface area contributed by atoms with Crippen molar-refractivity contribution in [1.82, 2.24) is 19.9 Å². The fourth-order valence-corrected chi connectivity index (χ4v) is 3.40. The van der Waals surface area contributed by atoms with Gasteiger partial charge in [0.2, 0.25) is 5.60 Å². The van der Waals surface area contributed by atoms with Gasteiger partial charge in [0.25, 0.3) is 5.91 Å². The van der Waals surface area contributed by atoms with E-state index in [-0.39, 0.29) is 29.9 Å². The summed E-state index contributed by atoms with van der Waals surface area (Å²) in [5.41, 5.74) is 7.54. The highest BCUT2D eigenvalue weighted by atomic mass is 16.3. The number of nitrogens with zero attached hydrogens (tertiary/aromatic N) is 4. The Hall–Kier alpha value is -3.44. The topological polar surface area (TPSA) is 105 Å². The maximum absolute atomic E-state index is 12.3. The number of carbonyl (C=O) groups is 1. The van der Waals surface area contributed by atoms with Crippen LogP contribution in [-0.4, -0.2) is 57.4 Å². The molecule has 142 valence electrons. The fraction of sp³-hybridized carbons (Fsp3) is 0.238. The van der Waals surface area contributed by atoms with Gasteiger partial charge in [0.15, 0.2) is 13.7 Å². The number of likely N-dealkylation sites (tertiary alicyclic amines) is 1. The molecule has 2 aromatic heterocycles. The third kappa shape index (κ3) is 3.41. The summed E-state index contributed by atoms with van der Waals surface area (Å²) >= 11 is 0. The Bertz CT molecular complexity index is 1200. The van der Waals surface area contributed by atoms with Crippen LogP contribution in [0.1, 0.15) is 18.9 Å². The van der Waals surface area contributed by atoms with E-state index in [1.807, 2.05) is 37.3 Å². The number of pyridine rings is 1. The van der Waals surface area contributed by atoms with Gasteiger partial charge in [-0.25, -0.2) is 15.0 Å². The van der Waals surface area contributed by atoms with E-state index in [9.17, 15) is 9.90 Å². The van der Waals surface area contributed by atoms with Gasteiger partial charge in [-0.2, -0.15) is 0 Å². The maximum atomic E-state index is 12.3. The van der Waals surface area contributed by atoms with E-state index in [0.29, 0.717) is 22.3 Å². The Labute approximate surface area is 169 Å². The van der Waals surface area contributed by atoms with Crippen molar-refractivity contribution < 1.29 is 9.90 Å². The summed E-state index contributed by atoms with van der Waals surface area (Å²) in [5, 5.41) is 10.6. The molecule has 2 radical (unpaired) electrons. The van der Waals surface area contributed by atoms with Crippen molar-refractivity contribution in [2.45, 2.75) is 25.0 Å². The van der Waals surface area contributed by atoms with Gasteiger partial charge >= 0.3 is 0 Å². The van der Waals surface area contributed by atoms with E-state index in [2.05, 4.69) is 26.8 Å². The normalized spacial score (nSPS) is 21.3. The molecule has 1 fully saturated rings. The number of carbonyl (C=O) groups excluding carboxylic acids is 1. The highest BCUT2D eigenvalue weighted by molar-refractivity contribution is 6.29. The number of likely N-dealkylation sites (N-methyl/N-ethyl adjacent to an activating group) is 1. The van der Waals surface area contributed by atoms with Gasteiger partial charge < -0.3 is 15.7 Å². The number of hydrogen-bond acceptors (Lipinski definition) is 6. The second kappa shape index (κ2) is 6.87. The average Bonchev–Trinajstić information content (AvgIpc) is 2.89. The molecule has 0 aliphatic carbocycles. The predicted octanol–water partition coefficient (Wildman–Crippen LogP) is 0.401. The Morgan fingerprint density at radius 1 is 1.28 bits per heavy atom. The second-order valence-corrected chi connectivity index (χ2v) is 7.19. The third-order valence-corrected chi connectivity index (χ3v) is 5.08. The van der Waals surface area contributed by atoms with Crippen LogP contribution in [0.4, 0.5) is 5.82 Å². The van der Waals surface area contributed by atoms with Crippen LogP contribution >= 0.6 is 0 Å². The van der Waals surface area contributed by atoms with E-state index >= 15 is 0 Å². The zero-order chi connectivity index (χ0) is 20.8. The monoisotopic (exact) mass is 383 g/mol. The van der Waals surface area contributed by atoms with Gasteiger partial charge in [-0.15, -0.1) is 0 Å². The van der Waals surface area contributed by atoms with E-state index in [4.69, 9.17) is 13.6 Å². The Morgan fingerprint density at radius 2 is 2.07 bits per heavy atom. The van der Waals surface area contributed by atoms with E-state index in [0.717, 1.165) is 5.56 Å². The molecular weight excluding hydrogens is 365 g/mol. The summed E-state index contributed by atoms with van der Waals surface area (Å²) in [6, 6.07) is 10.9. The first-order chi connectivity index (χ1) is 13.8. The van der Waals surface area contributed by atoms with Crippen LogP contribution in [0, 0.1) is 11.8 Å². The molecule has 2 atom stereocenters. The van der Waals surface area contributed by atoms with Crippen molar-refractivity contribution in [3.63, 3.8) is 0 Å². The Balaban J connectivity index is 1.69. The molecule has 29 heavy (non-hydrogen) atoms. The highest BCUT2D eigenvalue weighted by Gasteiger charge is 2.46. The lowest BCUT2D eigenvalue weighted by Crippen LogP contribution is -2.37. The van der Waals surface area contributed by atoms with Gasteiger partial charge in [-0.05, 0) is 31.2 Å². The molecule has 3 aromatic rings. The van der Waals surface area contributed by atoms with Gasteiger partial charge in [0.05, 0.1) is 16.9 Å². The molecule has 1 aromatic carbocycles. The SMILES string of the molecule is [B]c1nc(N)c2nc(-c3cccc(C#C[C@]4(O)C[C@H](C)N(C)C4=O)c3)ccc2n1. The molecule has 3 N–H and O–H groups in total. The third-order valence-electron chi connectivity index (χ3n) is 5.08. The quantitative estimate of drug-likeness (QED) is 0.466. The molecule has 0 spiro atoms.